The van der Waals surface area contributed by atoms with Crippen LogP contribution in [0.5, 0.6) is 0 Å². The zero-order valence-corrected chi connectivity index (χ0v) is 10.6. The number of hydrogen-bond acceptors (Lipinski definition) is 1. The molecular weight excluding hydrogens is 196 g/mol. The van der Waals surface area contributed by atoms with Crippen molar-refractivity contribution in [3.8, 4) is 0 Å². The molecule has 0 saturated heterocycles. The van der Waals surface area contributed by atoms with Gasteiger partial charge in [-0.3, -0.25) is 0 Å². The van der Waals surface area contributed by atoms with E-state index >= 15 is 0 Å². The van der Waals surface area contributed by atoms with Gasteiger partial charge in [0.15, 0.2) is 0 Å². The summed E-state index contributed by atoms with van der Waals surface area (Å²) in [6.07, 6.45) is 4.36. The highest BCUT2D eigenvalue weighted by atomic mass is 16.3. The zero-order chi connectivity index (χ0) is 11.8. The Kier molecular flexibility index (Phi) is 3.07. The molecule has 1 saturated carbocycles. The Morgan fingerprint density at radius 1 is 1.31 bits per heavy atom. The first-order chi connectivity index (χ1) is 7.46. The van der Waals surface area contributed by atoms with Gasteiger partial charge >= 0.3 is 0 Å². The van der Waals surface area contributed by atoms with Crippen LogP contribution in [0.25, 0.3) is 0 Å². The van der Waals surface area contributed by atoms with Crippen molar-refractivity contribution in [2.75, 3.05) is 0 Å². The summed E-state index contributed by atoms with van der Waals surface area (Å²) in [4.78, 5) is 0. The molecule has 1 N–H and O–H groups in total. The fourth-order valence-electron chi connectivity index (χ4n) is 2.42. The first-order valence-corrected chi connectivity index (χ1v) is 6.25. The molecule has 1 nitrogen and oxygen atoms in total. The molecule has 1 atom stereocenters. The lowest BCUT2D eigenvalue weighted by Crippen LogP contribution is -2.28. The van der Waals surface area contributed by atoms with Crippen molar-refractivity contribution in [3.63, 3.8) is 0 Å². The molecule has 1 fully saturated rings. The molecule has 88 valence electrons. The minimum Gasteiger partial charge on any atom is -0.390 e. The van der Waals surface area contributed by atoms with Crippen molar-refractivity contribution < 1.29 is 5.11 Å². The first kappa shape index (κ1) is 11.7. The summed E-state index contributed by atoms with van der Waals surface area (Å²) in [6.45, 7) is 6.22. The van der Waals surface area contributed by atoms with E-state index in [2.05, 4.69) is 32.0 Å². The Bertz CT molecular complexity index is 375. The van der Waals surface area contributed by atoms with Crippen molar-refractivity contribution in [2.24, 2.45) is 5.92 Å². The summed E-state index contributed by atoms with van der Waals surface area (Å²) in [6, 6.07) is 6.49. The molecule has 2 rings (SSSR count). The van der Waals surface area contributed by atoms with Crippen LogP contribution in [-0.2, 0) is 6.42 Å². The van der Waals surface area contributed by atoms with Gasteiger partial charge in [-0.15, -0.1) is 0 Å². The van der Waals surface area contributed by atoms with Crippen LogP contribution in [0.1, 0.15) is 42.9 Å². The number of aryl methyl sites for hydroxylation is 2. The zero-order valence-electron chi connectivity index (χ0n) is 10.6. The predicted octanol–water partition coefficient (Wildman–Crippen LogP) is 3.40. The van der Waals surface area contributed by atoms with Gasteiger partial charge in [0.25, 0.3) is 0 Å². The van der Waals surface area contributed by atoms with Gasteiger partial charge in [-0.05, 0) is 44.2 Å². The summed E-state index contributed by atoms with van der Waals surface area (Å²) in [7, 11) is 0. The minimum atomic E-state index is -0.528. The van der Waals surface area contributed by atoms with Gasteiger partial charge in [0.1, 0.15) is 0 Å². The third-order valence-electron chi connectivity index (χ3n) is 3.50. The lowest BCUT2D eigenvalue weighted by Gasteiger charge is -2.24. The van der Waals surface area contributed by atoms with Crippen LogP contribution >= 0.6 is 0 Å². The molecule has 0 heterocycles. The summed E-state index contributed by atoms with van der Waals surface area (Å²) in [5, 5.41) is 10.4. The molecule has 1 unspecified atom stereocenters. The molecule has 0 amide bonds. The fourth-order valence-corrected chi connectivity index (χ4v) is 2.42. The number of benzene rings is 1. The van der Waals surface area contributed by atoms with E-state index < -0.39 is 5.60 Å². The topological polar surface area (TPSA) is 20.2 Å². The quantitative estimate of drug-likeness (QED) is 0.821. The van der Waals surface area contributed by atoms with Crippen LogP contribution in [0.2, 0.25) is 0 Å². The highest BCUT2D eigenvalue weighted by Crippen LogP contribution is 2.38. The standard InChI is InChI=1S/C15H22O/c1-11-4-5-12(2)14(8-11)10-15(3,16)9-13-6-7-13/h4-5,8,13,16H,6-7,9-10H2,1-3H3. The van der Waals surface area contributed by atoms with Crippen molar-refractivity contribution in [2.45, 2.75) is 52.1 Å². The molecule has 0 aromatic heterocycles. The van der Waals surface area contributed by atoms with Crippen LogP contribution in [0.15, 0.2) is 18.2 Å². The SMILES string of the molecule is Cc1ccc(C)c(CC(C)(O)CC2CC2)c1. The Labute approximate surface area is 98.5 Å². The maximum atomic E-state index is 10.4. The molecule has 1 aromatic rings. The van der Waals surface area contributed by atoms with Crippen molar-refractivity contribution in [1.29, 1.82) is 0 Å². The van der Waals surface area contributed by atoms with Crippen LogP contribution in [0.4, 0.5) is 0 Å². The fraction of sp³-hybridized carbons (Fsp3) is 0.600. The molecule has 1 heteroatoms. The molecule has 1 aliphatic carbocycles. The summed E-state index contributed by atoms with van der Waals surface area (Å²) < 4.78 is 0. The van der Waals surface area contributed by atoms with Gasteiger partial charge in [-0.1, -0.05) is 36.6 Å². The van der Waals surface area contributed by atoms with Crippen LogP contribution < -0.4 is 0 Å². The molecule has 1 aromatic carbocycles. The van der Waals surface area contributed by atoms with Crippen molar-refractivity contribution >= 4 is 0 Å². The summed E-state index contributed by atoms with van der Waals surface area (Å²) in [5.41, 5.74) is 3.34. The number of rotatable bonds is 4. The van der Waals surface area contributed by atoms with E-state index in [0.717, 1.165) is 18.8 Å². The van der Waals surface area contributed by atoms with E-state index in [1.54, 1.807) is 0 Å². The molecule has 1 aliphatic rings. The van der Waals surface area contributed by atoms with Gasteiger partial charge in [-0.2, -0.15) is 0 Å². The number of aliphatic hydroxyl groups is 1. The monoisotopic (exact) mass is 218 g/mol. The minimum absolute atomic E-state index is 0.528. The second kappa shape index (κ2) is 4.21. The maximum Gasteiger partial charge on any atom is 0.0662 e. The molecule has 16 heavy (non-hydrogen) atoms. The van der Waals surface area contributed by atoms with E-state index in [4.69, 9.17) is 0 Å². The molecule has 0 aliphatic heterocycles. The number of hydrogen-bond donors (Lipinski definition) is 1. The third kappa shape index (κ3) is 3.08. The predicted molar refractivity (Wildman–Crippen MR) is 67.6 cm³/mol. The Morgan fingerprint density at radius 3 is 2.62 bits per heavy atom. The molecule has 0 spiro atoms. The molecule has 0 bridgehead atoms. The Hall–Kier alpha value is -0.820. The largest absolute Gasteiger partial charge is 0.390 e. The summed E-state index contributed by atoms with van der Waals surface area (Å²) >= 11 is 0. The Balaban J connectivity index is 2.08. The molecular formula is C15H22O. The average Bonchev–Trinajstić information content (AvgIpc) is 2.94. The van der Waals surface area contributed by atoms with Gasteiger partial charge in [0.2, 0.25) is 0 Å². The molecule has 0 radical (unpaired) electrons. The van der Waals surface area contributed by atoms with E-state index in [1.165, 1.54) is 29.5 Å². The summed E-state index contributed by atoms with van der Waals surface area (Å²) in [5.74, 6) is 0.778. The van der Waals surface area contributed by atoms with Gasteiger partial charge in [-0.25, -0.2) is 0 Å². The van der Waals surface area contributed by atoms with Crippen molar-refractivity contribution in [1.82, 2.24) is 0 Å². The van der Waals surface area contributed by atoms with Crippen LogP contribution in [-0.4, -0.2) is 10.7 Å². The van der Waals surface area contributed by atoms with E-state index in [0.29, 0.717) is 0 Å². The van der Waals surface area contributed by atoms with Crippen molar-refractivity contribution in [3.05, 3.63) is 34.9 Å². The average molecular weight is 218 g/mol. The lowest BCUT2D eigenvalue weighted by atomic mass is 9.89. The Morgan fingerprint density at radius 2 is 2.00 bits per heavy atom. The third-order valence-corrected chi connectivity index (χ3v) is 3.50. The van der Waals surface area contributed by atoms with Crippen LogP contribution in [0, 0.1) is 19.8 Å². The first-order valence-electron chi connectivity index (χ1n) is 6.25. The van der Waals surface area contributed by atoms with E-state index in [-0.39, 0.29) is 0 Å². The highest BCUT2D eigenvalue weighted by molar-refractivity contribution is 5.31. The maximum absolute atomic E-state index is 10.4. The smallest absolute Gasteiger partial charge is 0.0662 e. The van der Waals surface area contributed by atoms with Gasteiger partial charge in [0.05, 0.1) is 5.60 Å². The highest BCUT2D eigenvalue weighted by Gasteiger charge is 2.31. The van der Waals surface area contributed by atoms with E-state index in [1.807, 2.05) is 6.92 Å². The van der Waals surface area contributed by atoms with Gasteiger partial charge < -0.3 is 5.11 Å². The van der Waals surface area contributed by atoms with Gasteiger partial charge in [0, 0.05) is 6.42 Å². The van der Waals surface area contributed by atoms with E-state index in [9.17, 15) is 5.11 Å². The van der Waals surface area contributed by atoms with Crippen LogP contribution in [0.3, 0.4) is 0 Å². The lowest BCUT2D eigenvalue weighted by molar-refractivity contribution is 0.0453. The normalized spacial score (nSPS) is 19.5. The second-order valence-corrected chi connectivity index (χ2v) is 5.75. The second-order valence-electron chi connectivity index (χ2n) is 5.75.